The van der Waals surface area contributed by atoms with Crippen LogP contribution in [0.25, 0.3) is 11.0 Å². The van der Waals surface area contributed by atoms with Gasteiger partial charge in [-0.25, -0.2) is 9.37 Å². The summed E-state index contributed by atoms with van der Waals surface area (Å²) in [5.41, 5.74) is 4.04. The minimum Gasteiger partial charge on any atom is -0.383 e. The van der Waals surface area contributed by atoms with Gasteiger partial charge in [0.25, 0.3) is 0 Å². The maximum absolute atomic E-state index is 14.4. The smallest absolute Gasteiger partial charge is 0.141 e. The largest absolute Gasteiger partial charge is 0.383 e. The summed E-state index contributed by atoms with van der Waals surface area (Å²) in [4.78, 5) is 7.30. The fraction of sp³-hybridized carbons (Fsp3) is 0.500. The predicted octanol–water partition coefficient (Wildman–Crippen LogP) is 5.53. The first kappa shape index (κ1) is 22.1. The highest BCUT2D eigenvalue weighted by Crippen LogP contribution is 2.35. The average molecular weight is 500 g/mol. The van der Waals surface area contributed by atoms with Crippen LogP contribution in [-0.4, -0.2) is 39.2 Å². The summed E-state index contributed by atoms with van der Waals surface area (Å²) in [6.45, 7) is 8.44. The second-order valence-corrected chi connectivity index (χ2v) is 11.1. The monoisotopic (exact) mass is 499 g/mol. The van der Waals surface area contributed by atoms with Crippen molar-refractivity contribution in [3.63, 3.8) is 0 Å². The first-order valence-corrected chi connectivity index (χ1v) is 12.4. The molecule has 32 heavy (non-hydrogen) atoms. The number of fused-ring (bicyclic) bond motifs is 2. The van der Waals surface area contributed by atoms with E-state index in [9.17, 15) is 9.50 Å². The van der Waals surface area contributed by atoms with Crippen molar-refractivity contribution in [1.29, 1.82) is 0 Å². The van der Waals surface area contributed by atoms with Gasteiger partial charge in [0, 0.05) is 36.2 Å². The van der Waals surface area contributed by atoms with Gasteiger partial charge in [-0.05, 0) is 87.3 Å². The quantitative estimate of drug-likeness (QED) is 0.513. The Morgan fingerprint density at radius 3 is 2.56 bits per heavy atom. The van der Waals surface area contributed by atoms with Gasteiger partial charge in [-0.2, -0.15) is 0 Å². The molecule has 1 fully saturated rings. The first-order chi connectivity index (χ1) is 15.2. The number of aryl methyl sites for hydroxylation is 1. The second-order valence-electron chi connectivity index (χ2n) is 10.2. The summed E-state index contributed by atoms with van der Waals surface area (Å²) in [6, 6.07) is 10.3. The lowest BCUT2D eigenvalue weighted by Gasteiger charge is -2.35. The zero-order chi connectivity index (χ0) is 22.6. The highest BCUT2D eigenvalue weighted by atomic mass is 79.9. The molecule has 1 N–H and O–H groups in total. The van der Waals surface area contributed by atoms with E-state index in [0.717, 1.165) is 56.4 Å². The third-order valence-corrected chi connectivity index (χ3v) is 7.63. The van der Waals surface area contributed by atoms with Gasteiger partial charge >= 0.3 is 0 Å². The number of rotatable bonds is 4. The van der Waals surface area contributed by atoms with Crippen molar-refractivity contribution in [3.8, 4) is 0 Å². The number of benzene rings is 2. The molecule has 0 bridgehead atoms. The second kappa shape index (κ2) is 8.23. The molecule has 1 aromatic heterocycles. The summed E-state index contributed by atoms with van der Waals surface area (Å²) in [5, 5.41) is 10.8. The van der Waals surface area contributed by atoms with Crippen LogP contribution >= 0.6 is 15.9 Å². The van der Waals surface area contributed by atoms with E-state index in [0.29, 0.717) is 17.3 Å². The van der Waals surface area contributed by atoms with Crippen LogP contribution in [0.2, 0.25) is 0 Å². The van der Waals surface area contributed by atoms with Crippen molar-refractivity contribution >= 4 is 27.0 Å². The topological polar surface area (TPSA) is 41.3 Å². The SMILES string of the molecule is Cc1cc2nc(C(C)(C)O)n(C3CCN(C[C@H]4Cc5ccc(Br)cc5C4)CC3)c2cc1F. The molecule has 1 saturated heterocycles. The van der Waals surface area contributed by atoms with Crippen molar-refractivity contribution in [1.82, 2.24) is 14.5 Å². The van der Waals surface area contributed by atoms with Crippen molar-refractivity contribution in [3.05, 3.63) is 63.1 Å². The van der Waals surface area contributed by atoms with Crippen LogP contribution in [-0.2, 0) is 18.4 Å². The molecule has 0 saturated carbocycles. The van der Waals surface area contributed by atoms with Crippen LogP contribution in [0, 0.1) is 18.7 Å². The Bertz CT molecular complexity index is 1160. The number of hydrogen-bond acceptors (Lipinski definition) is 3. The molecular weight excluding hydrogens is 469 g/mol. The van der Waals surface area contributed by atoms with Crippen molar-refractivity contribution in [2.24, 2.45) is 5.92 Å². The first-order valence-electron chi connectivity index (χ1n) is 11.6. The van der Waals surface area contributed by atoms with E-state index in [4.69, 9.17) is 4.98 Å². The van der Waals surface area contributed by atoms with Crippen LogP contribution in [0.3, 0.4) is 0 Å². The number of imidazole rings is 1. The van der Waals surface area contributed by atoms with Crippen molar-refractivity contribution < 1.29 is 9.50 Å². The van der Waals surface area contributed by atoms with E-state index < -0.39 is 5.60 Å². The van der Waals surface area contributed by atoms with Gasteiger partial charge in [0.1, 0.15) is 17.2 Å². The summed E-state index contributed by atoms with van der Waals surface area (Å²) in [6.07, 6.45) is 4.28. The number of nitrogens with zero attached hydrogens (tertiary/aromatic N) is 3. The fourth-order valence-electron chi connectivity index (χ4n) is 5.55. The van der Waals surface area contributed by atoms with Gasteiger partial charge in [0.05, 0.1) is 11.0 Å². The molecule has 2 aliphatic rings. The Kier molecular flexibility index (Phi) is 5.67. The molecule has 1 aliphatic heterocycles. The van der Waals surface area contributed by atoms with Gasteiger partial charge in [-0.3, -0.25) is 0 Å². The lowest BCUT2D eigenvalue weighted by molar-refractivity contribution is 0.0603. The maximum Gasteiger partial charge on any atom is 0.141 e. The van der Waals surface area contributed by atoms with E-state index in [2.05, 4.69) is 43.6 Å². The van der Waals surface area contributed by atoms with E-state index in [1.807, 2.05) is 0 Å². The normalized spacial score (nSPS) is 20.2. The van der Waals surface area contributed by atoms with Crippen LogP contribution in [0.4, 0.5) is 4.39 Å². The molecule has 0 radical (unpaired) electrons. The summed E-state index contributed by atoms with van der Waals surface area (Å²) < 4.78 is 17.7. The molecule has 0 spiro atoms. The third-order valence-electron chi connectivity index (χ3n) is 7.14. The summed E-state index contributed by atoms with van der Waals surface area (Å²) in [7, 11) is 0. The zero-order valence-electron chi connectivity index (χ0n) is 19.0. The molecule has 5 rings (SSSR count). The zero-order valence-corrected chi connectivity index (χ0v) is 20.6. The predicted molar refractivity (Wildman–Crippen MR) is 129 cm³/mol. The molecule has 4 nitrogen and oxygen atoms in total. The van der Waals surface area contributed by atoms with E-state index in [1.165, 1.54) is 15.6 Å². The molecule has 170 valence electrons. The molecule has 2 aromatic carbocycles. The Hall–Kier alpha value is -1.76. The molecule has 0 amide bonds. The Morgan fingerprint density at radius 2 is 1.84 bits per heavy atom. The number of piperidine rings is 1. The maximum atomic E-state index is 14.4. The highest BCUT2D eigenvalue weighted by Gasteiger charge is 2.32. The standard InChI is InChI=1S/C26H31BrFN3O/c1-16-10-23-24(14-22(16)28)31(25(29-23)26(2,3)32)21-6-8-30(9-7-21)15-17-11-18-4-5-20(27)13-19(18)12-17/h4-5,10,13-14,17,21,32H,6-9,11-12,15H2,1-3H3/t17-/m0/s1. The summed E-state index contributed by atoms with van der Waals surface area (Å²) >= 11 is 3.59. The molecule has 1 aliphatic carbocycles. The minimum atomic E-state index is -1.08. The van der Waals surface area contributed by atoms with Gasteiger partial charge < -0.3 is 14.6 Å². The lowest BCUT2D eigenvalue weighted by atomic mass is 9.99. The molecule has 3 aromatic rings. The molecular formula is C26H31BrFN3O. The minimum absolute atomic E-state index is 0.217. The highest BCUT2D eigenvalue weighted by molar-refractivity contribution is 9.10. The Labute approximate surface area is 197 Å². The van der Waals surface area contributed by atoms with Crippen LogP contribution in [0.5, 0.6) is 0 Å². The number of likely N-dealkylation sites (tertiary alicyclic amines) is 1. The van der Waals surface area contributed by atoms with Gasteiger partial charge in [0.15, 0.2) is 0 Å². The van der Waals surface area contributed by atoms with Crippen molar-refractivity contribution in [2.75, 3.05) is 19.6 Å². The van der Waals surface area contributed by atoms with Gasteiger partial charge in [0.2, 0.25) is 0 Å². The Balaban J connectivity index is 1.32. The molecule has 0 unspecified atom stereocenters. The van der Waals surface area contributed by atoms with Gasteiger partial charge in [-0.1, -0.05) is 22.0 Å². The Morgan fingerprint density at radius 1 is 1.12 bits per heavy atom. The number of halogens is 2. The molecule has 2 heterocycles. The number of hydrogen-bond donors (Lipinski definition) is 1. The molecule has 6 heteroatoms. The van der Waals surface area contributed by atoms with Crippen LogP contribution < -0.4 is 0 Å². The summed E-state index contributed by atoms with van der Waals surface area (Å²) in [5.74, 6) is 1.09. The van der Waals surface area contributed by atoms with Gasteiger partial charge in [-0.15, -0.1) is 0 Å². The fourth-order valence-corrected chi connectivity index (χ4v) is 5.96. The van der Waals surface area contributed by atoms with E-state index >= 15 is 0 Å². The van der Waals surface area contributed by atoms with Crippen molar-refractivity contribution in [2.45, 2.75) is 58.1 Å². The number of aromatic nitrogens is 2. The van der Waals surface area contributed by atoms with E-state index in [-0.39, 0.29) is 11.9 Å². The van der Waals surface area contributed by atoms with Crippen LogP contribution in [0.15, 0.2) is 34.8 Å². The lowest BCUT2D eigenvalue weighted by Crippen LogP contribution is -2.39. The average Bonchev–Trinajstić information content (AvgIpc) is 3.29. The number of aliphatic hydroxyl groups is 1. The molecule has 1 atom stereocenters. The van der Waals surface area contributed by atoms with Crippen LogP contribution in [0.1, 0.15) is 55.2 Å². The third kappa shape index (κ3) is 4.13. The van der Waals surface area contributed by atoms with E-state index in [1.54, 1.807) is 32.9 Å².